The van der Waals surface area contributed by atoms with Crippen LogP contribution >= 0.6 is 0 Å². The highest BCUT2D eigenvalue weighted by atomic mass is 19.1. The SMILES string of the molecule is CC1NC(c2ccccc2F)N(CCN(C)C(C)C)C1=O. The van der Waals surface area contributed by atoms with E-state index < -0.39 is 0 Å². The van der Waals surface area contributed by atoms with Crippen LogP contribution in [-0.2, 0) is 4.79 Å². The maximum Gasteiger partial charge on any atom is 0.241 e. The van der Waals surface area contributed by atoms with Gasteiger partial charge in [-0.3, -0.25) is 10.1 Å². The maximum absolute atomic E-state index is 14.0. The summed E-state index contributed by atoms with van der Waals surface area (Å²) in [4.78, 5) is 16.2. The molecule has 1 amide bonds. The van der Waals surface area contributed by atoms with Gasteiger partial charge in [-0.2, -0.15) is 0 Å². The van der Waals surface area contributed by atoms with Crippen molar-refractivity contribution in [2.45, 2.75) is 39.0 Å². The van der Waals surface area contributed by atoms with E-state index in [0.717, 1.165) is 6.54 Å². The molecule has 1 aliphatic rings. The van der Waals surface area contributed by atoms with Crippen LogP contribution in [0.4, 0.5) is 4.39 Å². The van der Waals surface area contributed by atoms with E-state index in [1.807, 2.05) is 14.0 Å². The number of likely N-dealkylation sites (N-methyl/N-ethyl adjacent to an activating group) is 1. The van der Waals surface area contributed by atoms with Gasteiger partial charge in [-0.05, 0) is 33.9 Å². The fraction of sp³-hybridized carbons (Fsp3) is 0.562. The average molecular weight is 293 g/mol. The molecule has 1 aromatic carbocycles. The third kappa shape index (κ3) is 3.41. The summed E-state index contributed by atoms with van der Waals surface area (Å²) in [5.41, 5.74) is 0.530. The Morgan fingerprint density at radius 1 is 1.38 bits per heavy atom. The van der Waals surface area contributed by atoms with Gasteiger partial charge in [-0.25, -0.2) is 4.39 Å². The molecule has 116 valence electrons. The fourth-order valence-electron chi connectivity index (χ4n) is 2.49. The van der Waals surface area contributed by atoms with Crippen LogP contribution in [0.5, 0.6) is 0 Å². The normalized spacial score (nSPS) is 22.6. The van der Waals surface area contributed by atoms with E-state index in [-0.39, 0.29) is 23.9 Å². The number of nitrogens with one attached hydrogen (secondary N) is 1. The number of nitrogens with zero attached hydrogens (tertiary/aromatic N) is 2. The predicted molar refractivity (Wildman–Crippen MR) is 81.2 cm³/mol. The van der Waals surface area contributed by atoms with Crippen LogP contribution in [0, 0.1) is 5.82 Å². The van der Waals surface area contributed by atoms with Crippen LogP contribution in [0.3, 0.4) is 0 Å². The molecule has 1 heterocycles. The molecule has 1 fully saturated rings. The second-order valence-corrected chi connectivity index (χ2v) is 5.92. The zero-order chi connectivity index (χ0) is 15.6. The lowest BCUT2D eigenvalue weighted by Gasteiger charge is -2.28. The first-order chi connectivity index (χ1) is 9.91. The fourth-order valence-corrected chi connectivity index (χ4v) is 2.49. The topological polar surface area (TPSA) is 35.6 Å². The molecule has 1 aliphatic heterocycles. The van der Waals surface area contributed by atoms with Crippen LogP contribution in [0.25, 0.3) is 0 Å². The van der Waals surface area contributed by atoms with Gasteiger partial charge in [0.05, 0.1) is 6.04 Å². The molecule has 0 spiro atoms. The number of hydrogen-bond donors (Lipinski definition) is 1. The van der Waals surface area contributed by atoms with Gasteiger partial charge in [-0.1, -0.05) is 18.2 Å². The van der Waals surface area contributed by atoms with E-state index in [2.05, 4.69) is 24.1 Å². The lowest BCUT2D eigenvalue weighted by atomic mass is 10.1. The zero-order valence-electron chi connectivity index (χ0n) is 13.1. The number of amides is 1. The minimum Gasteiger partial charge on any atom is -0.320 e. The van der Waals surface area contributed by atoms with E-state index in [1.54, 1.807) is 23.1 Å². The summed E-state index contributed by atoms with van der Waals surface area (Å²) in [5, 5.41) is 3.18. The van der Waals surface area contributed by atoms with Crippen molar-refractivity contribution < 1.29 is 9.18 Å². The van der Waals surface area contributed by atoms with Gasteiger partial charge < -0.3 is 9.80 Å². The van der Waals surface area contributed by atoms with Crippen LogP contribution in [0.2, 0.25) is 0 Å². The van der Waals surface area contributed by atoms with Gasteiger partial charge in [0.15, 0.2) is 0 Å². The van der Waals surface area contributed by atoms with Crippen LogP contribution in [-0.4, -0.2) is 47.9 Å². The van der Waals surface area contributed by atoms with Gasteiger partial charge in [-0.15, -0.1) is 0 Å². The van der Waals surface area contributed by atoms with Gasteiger partial charge in [0, 0.05) is 24.7 Å². The minimum atomic E-state index is -0.380. The molecule has 0 bridgehead atoms. The standard InChI is InChI=1S/C16H24FN3O/c1-11(2)19(4)9-10-20-15(18-12(3)16(20)21)13-7-5-6-8-14(13)17/h5-8,11-12,15,18H,9-10H2,1-4H3. The largest absolute Gasteiger partial charge is 0.320 e. The number of hydrogen-bond acceptors (Lipinski definition) is 3. The summed E-state index contributed by atoms with van der Waals surface area (Å²) >= 11 is 0. The van der Waals surface area contributed by atoms with Crippen molar-refractivity contribution in [1.29, 1.82) is 0 Å². The molecule has 0 aliphatic carbocycles. The van der Waals surface area contributed by atoms with Crippen molar-refractivity contribution in [2.75, 3.05) is 20.1 Å². The Balaban J connectivity index is 2.16. The van der Waals surface area contributed by atoms with Gasteiger partial charge in [0.1, 0.15) is 12.0 Å². The highest BCUT2D eigenvalue weighted by Crippen LogP contribution is 2.26. The first-order valence-electron chi connectivity index (χ1n) is 7.43. The van der Waals surface area contributed by atoms with Crippen molar-refractivity contribution in [3.63, 3.8) is 0 Å². The van der Waals surface area contributed by atoms with E-state index in [9.17, 15) is 9.18 Å². The molecule has 0 radical (unpaired) electrons. The minimum absolute atomic E-state index is 0.0282. The molecule has 21 heavy (non-hydrogen) atoms. The monoisotopic (exact) mass is 293 g/mol. The number of rotatable bonds is 5. The number of halogens is 1. The highest BCUT2D eigenvalue weighted by Gasteiger charge is 2.37. The quantitative estimate of drug-likeness (QED) is 0.902. The van der Waals surface area contributed by atoms with E-state index >= 15 is 0 Å². The Labute approximate surface area is 125 Å². The average Bonchev–Trinajstić information content (AvgIpc) is 2.72. The first-order valence-corrected chi connectivity index (χ1v) is 7.43. The van der Waals surface area contributed by atoms with E-state index in [1.165, 1.54) is 6.07 Å². The summed E-state index contributed by atoms with van der Waals surface area (Å²) in [7, 11) is 2.03. The molecular weight excluding hydrogens is 269 g/mol. The third-order valence-corrected chi connectivity index (χ3v) is 4.15. The Morgan fingerprint density at radius 2 is 2.05 bits per heavy atom. The molecule has 2 atom stereocenters. The molecule has 4 nitrogen and oxygen atoms in total. The molecule has 0 aromatic heterocycles. The van der Waals surface area contributed by atoms with Crippen molar-refractivity contribution in [1.82, 2.24) is 15.1 Å². The summed E-state index contributed by atoms with van der Waals surface area (Å²) in [5.74, 6) is -0.250. The number of benzene rings is 1. The summed E-state index contributed by atoms with van der Waals surface area (Å²) < 4.78 is 14.0. The number of carbonyl (C=O) groups is 1. The summed E-state index contributed by atoms with van der Waals surface area (Å²) in [6.45, 7) is 7.40. The third-order valence-electron chi connectivity index (χ3n) is 4.15. The van der Waals surface area contributed by atoms with Crippen molar-refractivity contribution in [3.05, 3.63) is 35.6 Å². The second-order valence-electron chi connectivity index (χ2n) is 5.92. The predicted octanol–water partition coefficient (Wildman–Crippen LogP) is 1.98. The molecule has 2 rings (SSSR count). The molecule has 0 saturated carbocycles. The van der Waals surface area contributed by atoms with E-state index in [0.29, 0.717) is 18.2 Å². The summed E-state index contributed by atoms with van der Waals surface area (Å²) in [6, 6.07) is 6.77. The van der Waals surface area contributed by atoms with Crippen molar-refractivity contribution in [3.8, 4) is 0 Å². The lowest BCUT2D eigenvalue weighted by Crippen LogP contribution is -2.39. The molecule has 2 unspecified atom stereocenters. The Morgan fingerprint density at radius 3 is 2.67 bits per heavy atom. The number of carbonyl (C=O) groups excluding carboxylic acids is 1. The Hall–Kier alpha value is -1.46. The van der Waals surface area contributed by atoms with Gasteiger partial charge in [0.25, 0.3) is 0 Å². The Kier molecular flexibility index (Phi) is 4.96. The van der Waals surface area contributed by atoms with Crippen LogP contribution < -0.4 is 5.32 Å². The Bertz CT molecular complexity index is 506. The highest BCUT2D eigenvalue weighted by molar-refractivity contribution is 5.84. The molecule has 1 aromatic rings. The van der Waals surface area contributed by atoms with Crippen LogP contribution in [0.1, 0.15) is 32.5 Å². The van der Waals surface area contributed by atoms with Crippen molar-refractivity contribution >= 4 is 5.91 Å². The first kappa shape index (κ1) is 15.9. The molecule has 1 N–H and O–H groups in total. The van der Waals surface area contributed by atoms with Gasteiger partial charge >= 0.3 is 0 Å². The zero-order valence-corrected chi connectivity index (χ0v) is 13.1. The van der Waals surface area contributed by atoms with Crippen molar-refractivity contribution in [2.24, 2.45) is 0 Å². The molecule has 5 heteroatoms. The van der Waals surface area contributed by atoms with Crippen LogP contribution in [0.15, 0.2) is 24.3 Å². The maximum atomic E-state index is 14.0. The summed E-state index contributed by atoms with van der Waals surface area (Å²) in [6.07, 6.45) is -0.380. The van der Waals surface area contributed by atoms with E-state index in [4.69, 9.17) is 0 Å². The van der Waals surface area contributed by atoms with Gasteiger partial charge in [0.2, 0.25) is 5.91 Å². The smallest absolute Gasteiger partial charge is 0.241 e. The molecule has 1 saturated heterocycles. The lowest BCUT2D eigenvalue weighted by molar-refractivity contribution is -0.130. The molecular formula is C16H24FN3O. The second kappa shape index (κ2) is 6.54.